The van der Waals surface area contributed by atoms with E-state index >= 15 is 0 Å². The van der Waals surface area contributed by atoms with E-state index in [1.54, 1.807) is 13.0 Å². The SMILES string of the molecule is C/C=C1\C(=O)O[C@]23C=C[C@H]4C(C(=O)OC)=CO[C@H](O[C@@H]12)[C@@H]43. The third-order valence-electron chi connectivity index (χ3n) is 4.65. The van der Waals surface area contributed by atoms with Gasteiger partial charge in [0.1, 0.15) is 6.10 Å². The fourth-order valence-electron chi connectivity index (χ4n) is 3.74. The molecule has 0 saturated carbocycles. The minimum atomic E-state index is -0.873. The van der Waals surface area contributed by atoms with E-state index in [1.807, 2.05) is 12.2 Å². The Morgan fingerprint density at radius 2 is 2.29 bits per heavy atom. The Kier molecular flexibility index (Phi) is 2.39. The van der Waals surface area contributed by atoms with Crippen LogP contribution >= 0.6 is 0 Å². The first kappa shape index (κ1) is 12.6. The maximum atomic E-state index is 12.0. The summed E-state index contributed by atoms with van der Waals surface area (Å²) in [6, 6.07) is 0. The van der Waals surface area contributed by atoms with Gasteiger partial charge in [0.15, 0.2) is 5.60 Å². The van der Waals surface area contributed by atoms with Crippen LogP contribution in [0.5, 0.6) is 0 Å². The molecule has 110 valence electrons. The summed E-state index contributed by atoms with van der Waals surface area (Å²) in [5.41, 5.74) is 0.0425. The lowest BCUT2D eigenvalue weighted by molar-refractivity contribution is -0.152. The highest BCUT2D eigenvalue weighted by Gasteiger charge is 2.70. The number of ether oxygens (including phenoxy) is 4. The van der Waals surface area contributed by atoms with Crippen LogP contribution < -0.4 is 0 Å². The number of methoxy groups -OCH3 is 1. The Hall–Kier alpha value is -2.08. The van der Waals surface area contributed by atoms with Crippen LogP contribution in [-0.4, -0.2) is 37.0 Å². The van der Waals surface area contributed by atoms with Crippen LogP contribution in [0, 0.1) is 11.8 Å². The number of hydrogen-bond donors (Lipinski definition) is 0. The molecule has 6 nitrogen and oxygen atoms in total. The van der Waals surface area contributed by atoms with Gasteiger partial charge < -0.3 is 18.9 Å². The van der Waals surface area contributed by atoms with Gasteiger partial charge in [-0.05, 0) is 13.0 Å². The summed E-state index contributed by atoms with van der Waals surface area (Å²) in [5.74, 6) is -1.31. The van der Waals surface area contributed by atoms with E-state index in [1.165, 1.54) is 13.4 Å². The molecule has 2 saturated heterocycles. The standard InChI is InChI=1S/C15H14O6/c1-3-7-11-15(21-13(7)17)5-4-8-9(12(16)18-2)6-19-14(20-11)10(8)15/h3-6,8,10-11,14H,1-2H3/b7-3-/t8-,10+,11-,14+,15-/m0/s1. The van der Waals surface area contributed by atoms with Crippen LogP contribution in [-0.2, 0) is 28.5 Å². The van der Waals surface area contributed by atoms with Gasteiger partial charge in [0.25, 0.3) is 0 Å². The zero-order valence-electron chi connectivity index (χ0n) is 11.6. The van der Waals surface area contributed by atoms with E-state index in [2.05, 4.69) is 0 Å². The number of rotatable bonds is 1. The van der Waals surface area contributed by atoms with Crippen LogP contribution in [0.4, 0.5) is 0 Å². The maximum Gasteiger partial charge on any atom is 0.337 e. The van der Waals surface area contributed by atoms with Crippen LogP contribution in [0.1, 0.15) is 6.92 Å². The maximum absolute atomic E-state index is 12.0. The molecule has 4 aliphatic rings. The minimum Gasteiger partial charge on any atom is -0.471 e. The quantitative estimate of drug-likeness (QED) is 0.405. The fourth-order valence-corrected chi connectivity index (χ4v) is 3.74. The van der Waals surface area contributed by atoms with Crippen LogP contribution in [0.15, 0.2) is 35.6 Å². The molecule has 0 amide bonds. The molecular weight excluding hydrogens is 276 g/mol. The van der Waals surface area contributed by atoms with Crippen molar-refractivity contribution in [1.29, 1.82) is 0 Å². The molecule has 0 unspecified atom stereocenters. The first-order valence-electron chi connectivity index (χ1n) is 6.80. The molecule has 5 atom stereocenters. The van der Waals surface area contributed by atoms with Crippen molar-refractivity contribution in [3.05, 3.63) is 35.6 Å². The molecule has 3 aliphatic heterocycles. The van der Waals surface area contributed by atoms with E-state index in [0.29, 0.717) is 11.1 Å². The van der Waals surface area contributed by atoms with Gasteiger partial charge in [-0.15, -0.1) is 0 Å². The lowest BCUT2D eigenvalue weighted by Gasteiger charge is -2.32. The van der Waals surface area contributed by atoms with Gasteiger partial charge in [0, 0.05) is 5.92 Å². The molecule has 4 rings (SSSR count). The summed E-state index contributed by atoms with van der Waals surface area (Å²) in [5, 5.41) is 0. The molecule has 0 radical (unpaired) electrons. The molecule has 0 bridgehead atoms. The predicted molar refractivity (Wildman–Crippen MR) is 68.5 cm³/mol. The summed E-state index contributed by atoms with van der Waals surface area (Å²) in [4.78, 5) is 23.8. The van der Waals surface area contributed by atoms with Crippen LogP contribution in [0.25, 0.3) is 0 Å². The van der Waals surface area contributed by atoms with E-state index in [0.717, 1.165) is 0 Å². The van der Waals surface area contributed by atoms with Crippen molar-refractivity contribution in [3.63, 3.8) is 0 Å². The number of carbonyl (C=O) groups is 2. The summed E-state index contributed by atoms with van der Waals surface area (Å²) in [6.07, 6.45) is 5.77. The van der Waals surface area contributed by atoms with Gasteiger partial charge >= 0.3 is 11.9 Å². The largest absolute Gasteiger partial charge is 0.471 e. The van der Waals surface area contributed by atoms with Crippen molar-refractivity contribution in [2.45, 2.75) is 24.9 Å². The van der Waals surface area contributed by atoms with E-state index in [-0.39, 0.29) is 17.8 Å². The second kappa shape index (κ2) is 3.98. The summed E-state index contributed by atoms with van der Waals surface area (Å²) in [6.45, 7) is 1.77. The third-order valence-corrected chi connectivity index (χ3v) is 4.65. The molecule has 2 fully saturated rings. The first-order valence-corrected chi connectivity index (χ1v) is 6.80. The molecule has 0 aromatic heterocycles. The van der Waals surface area contributed by atoms with Crippen molar-refractivity contribution in [3.8, 4) is 0 Å². The molecular formula is C15H14O6. The summed E-state index contributed by atoms with van der Waals surface area (Å²) in [7, 11) is 1.32. The highest BCUT2D eigenvalue weighted by Crippen LogP contribution is 2.57. The average molecular weight is 290 g/mol. The molecule has 0 aromatic carbocycles. The Morgan fingerprint density at radius 1 is 1.48 bits per heavy atom. The number of carbonyl (C=O) groups excluding carboxylic acids is 2. The Morgan fingerprint density at radius 3 is 3.00 bits per heavy atom. The predicted octanol–water partition coefficient (Wildman–Crippen LogP) is 0.842. The van der Waals surface area contributed by atoms with Crippen molar-refractivity contribution >= 4 is 11.9 Å². The highest BCUT2D eigenvalue weighted by molar-refractivity contribution is 5.94. The van der Waals surface area contributed by atoms with Crippen LogP contribution in [0.3, 0.4) is 0 Å². The molecule has 0 aromatic rings. The number of esters is 2. The Labute approximate surface area is 121 Å². The van der Waals surface area contributed by atoms with Crippen molar-refractivity contribution < 1.29 is 28.5 Å². The first-order chi connectivity index (χ1) is 10.1. The number of hydrogen-bond acceptors (Lipinski definition) is 6. The monoisotopic (exact) mass is 290 g/mol. The second-order valence-electron chi connectivity index (χ2n) is 5.48. The second-order valence-corrected chi connectivity index (χ2v) is 5.48. The van der Waals surface area contributed by atoms with E-state index in [9.17, 15) is 9.59 Å². The average Bonchev–Trinajstić information content (AvgIpc) is 3.08. The van der Waals surface area contributed by atoms with E-state index < -0.39 is 24.0 Å². The van der Waals surface area contributed by atoms with Gasteiger partial charge in [-0.1, -0.05) is 12.2 Å². The van der Waals surface area contributed by atoms with Gasteiger partial charge in [-0.3, -0.25) is 0 Å². The lowest BCUT2D eigenvalue weighted by Crippen LogP contribution is -2.43. The van der Waals surface area contributed by atoms with Crippen LogP contribution in [0.2, 0.25) is 0 Å². The molecule has 1 spiro atoms. The van der Waals surface area contributed by atoms with Crippen molar-refractivity contribution in [2.75, 3.05) is 7.11 Å². The molecule has 1 aliphatic carbocycles. The topological polar surface area (TPSA) is 71.1 Å². The molecule has 3 heterocycles. The summed E-state index contributed by atoms with van der Waals surface area (Å²) >= 11 is 0. The lowest BCUT2D eigenvalue weighted by atomic mass is 9.78. The zero-order valence-corrected chi connectivity index (χ0v) is 11.6. The van der Waals surface area contributed by atoms with Gasteiger partial charge in [0.05, 0.1) is 30.4 Å². The number of allylic oxidation sites excluding steroid dienone is 2. The molecule has 6 heteroatoms. The summed E-state index contributed by atoms with van der Waals surface area (Å²) < 4.78 is 21.8. The van der Waals surface area contributed by atoms with Gasteiger partial charge in [-0.25, -0.2) is 9.59 Å². The van der Waals surface area contributed by atoms with Gasteiger partial charge in [0.2, 0.25) is 6.29 Å². The Balaban J connectivity index is 1.78. The normalized spacial score (nSPS) is 44.0. The molecule has 21 heavy (non-hydrogen) atoms. The smallest absolute Gasteiger partial charge is 0.337 e. The van der Waals surface area contributed by atoms with Gasteiger partial charge in [-0.2, -0.15) is 0 Å². The molecule has 0 N–H and O–H groups in total. The van der Waals surface area contributed by atoms with E-state index in [4.69, 9.17) is 18.9 Å². The fraction of sp³-hybridized carbons (Fsp3) is 0.467. The van der Waals surface area contributed by atoms with Crippen molar-refractivity contribution in [1.82, 2.24) is 0 Å². The highest BCUT2D eigenvalue weighted by atomic mass is 16.7. The minimum absolute atomic E-state index is 0.231. The van der Waals surface area contributed by atoms with Crippen molar-refractivity contribution in [2.24, 2.45) is 11.8 Å². The third kappa shape index (κ3) is 1.35. The Bertz CT molecular complexity index is 630. The zero-order chi connectivity index (χ0) is 14.8.